The Kier molecular flexibility index (Phi) is 5.85. The Morgan fingerprint density at radius 1 is 1.15 bits per heavy atom. The highest BCUT2D eigenvalue weighted by Gasteiger charge is 2.57. The summed E-state index contributed by atoms with van der Waals surface area (Å²) in [4.78, 5) is 41.0. The quantitative estimate of drug-likeness (QED) is 0.484. The number of aliphatic hydroxyl groups excluding tert-OH is 1. The number of hydrogen-bond acceptors (Lipinski definition) is 6. The van der Waals surface area contributed by atoms with E-state index in [4.69, 9.17) is 9.84 Å². The van der Waals surface area contributed by atoms with Crippen LogP contribution in [0, 0.1) is 17.0 Å². The molecule has 0 radical (unpaired) electrons. The lowest BCUT2D eigenvalue weighted by molar-refractivity contribution is -0.147. The van der Waals surface area contributed by atoms with Crippen molar-refractivity contribution in [2.45, 2.75) is 25.4 Å². The van der Waals surface area contributed by atoms with Crippen LogP contribution in [0.2, 0.25) is 0 Å². The molecular weight excluding hydrogens is 442 g/mol. The van der Waals surface area contributed by atoms with Gasteiger partial charge in [0.1, 0.15) is 17.0 Å². The summed E-state index contributed by atoms with van der Waals surface area (Å²) in [5.41, 5.74) is -2.11. The van der Waals surface area contributed by atoms with Crippen molar-refractivity contribution in [3.63, 3.8) is 0 Å². The van der Waals surface area contributed by atoms with E-state index in [1.807, 2.05) is 0 Å². The SMILES string of the molecule is O=C(Nc1cc(Oc2cc(F)c(NC(=O)C3(C(=O)O)CC3)cc2F)ccn1)N1CCC(O)C1. The van der Waals surface area contributed by atoms with Crippen molar-refractivity contribution in [2.75, 3.05) is 23.7 Å². The van der Waals surface area contributed by atoms with Crippen LogP contribution in [0.4, 0.5) is 25.1 Å². The summed E-state index contributed by atoms with van der Waals surface area (Å²) >= 11 is 0. The van der Waals surface area contributed by atoms with E-state index in [1.165, 1.54) is 23.2 Å². The first-order chi connectivity index (χ1) is 15.7. The molecule has 1 unspecified atom stereocenters. The first-order valence-electron chi connectivity index (χ1n) is 10.1. The van der Waals surface area contributed by atoms with Gasteiger partial charge in [0.05, 0.1) is 11.8 Å². The zero-order valence-electron chi connectivity index (χ0n) is 17.2. The van der Waals surface area contributed by atoms with Crippen molar-refractivity contribution in [3.8, 4) is 11.5 Å². The van der Waals surface area contributed by atoms with Crippen LogP contribution in [0.25, 0.3) is 0 Å². The molecule has 1 atom stereocenters. The number of hydrogen-bond donors (Lipinski definition) is 4. The molecule has 0 spiro atoms. The van der Waals surface area contributed by atoms with Crippen LogP contribution in [0.1, 0.15) is 19.3 Å². The smallest absolute Gasteiger partial charge is 0.323 e. The molecule has 3 amide bonds. The Morgan fingerprint density at radius 3 is 2.55 bits per heavy atom. The Labute approximate surface area is 186 Å². The summed E-state index contributed by atoms with van der Waals surface area (Å²) in [6.07, 6.45) is 1.44. The molecule has 10 nitrogen and oxygen atoms in total. The molecule has 1 aromatic heterocycles. The van der Waals surface area contributed by atoms with Crippen LogP contribution in [0.5, 0.6) is 11.5 Å². The molecule has 1 saturated carbocycles. The normalized spacial score (nSPS) is 18.5. The zero-order chi connectivity index (χ0) is 23.8. The molecule has 174 valence electrons. The second kappa shape index (κ2) is 8.62. The molecule has 1 saturated heterocycles. The number of carbonyl (C=O) groups excluding carboxylic acids is 2. The molecule has 4 rings (SSSR count). The number of aliphatic hydroxyl groups is 1. The van der Waals surface area contributed by atoms with E-state index in [1.54, 1.807) is 0 Å². The number of pyridine rings is 1. The Bertz CT molecular complexity index is 1120. The number of rotatable bonds is 6. The number of anilines is 2. The fourth-order valence-electron chi connectivity index (χ4n) is 3.39. The van der Waals surface area contributed by atoms with Gasteiger partial charge in [-0.1, -0.05) is 0 Å². The van der Waals surface area contributed by atoms with Gasteiger partial charge in [0.2, 0.25) is 5.91 Å². The van der Waals surface area contributed by atoms with Gasteiger partial charge < -0.3 is 25.2 Å². The Balaban J connectivity index is 1.44. The number of aromatic nitrogens is 1. The zero-order valence-corrected chi connectivity index (χ0v) is 17.2. The number of likely N-dealkylation sites (tertiary alicyclic amines) is 1. The van der Waals surface area contributed by atoms with Gasteiger partial charge in [-0.15, -0.1) is 0 Å². The van der Waals surface area contributed by atoms with Crippen molar-refractivity contribution < 1.29 is 38.1 Å². The van der Waals surface area contributed by atoms with E-state index in [9.17, 15) is 28.3 Å². The highest BCUT2D eigenvalue weighted by molar-refractivity contribution is 6.10. The van der Waals surface area contributed by atoms with Gasteiger partial charge in [0.25, 0.3) is 0 Å². The van der Waals surface area contributed by atoms with Gasteiger partial charge >= 0.3 is 12.0 Å². The third kappa shape index (κ3) is 4.70. The van der Waals surface area contributed by atoms with Crippen LogP contribution in [-0.4, -0.2) is 57.2 Å². The molecule has 1 aromatic carbocycles. The first kappa shape index (κ1) is 22.4. The minimum absolute atomic E-state index is 0.0552. The fraction of sp³-hybridized carbons (Fsp3) is 0.333. The molecule has 12 heteroatoms. The number of nitrogens with one attached hydrogen (secondary N) is 2. The lowest BCUT2D eigenvalue weighted by Crippen LogP contribution is -2.33. The second-order valence-corrected chi connectivity index (χ2v) is 7.90. The minimum atomic E-state index is -1.61. The number of benzene rings is 1. The number of amides is 3. The van der Waals surface area contributed by atoms with E-state index in [-0.39, 0.29) is 31.0 Å². The molecular formula is C21H20F2N4O6. The highest BCUT2D eigenvalue weighted by atomic mass is 19.1. The van der Waals surface area contributed by atoms with Crippen molar-refractivity contribution in [3.05, 3.63) is 42.1 Å². The van der Waals surface area contributed by atoms with Crippen molar-refractivity contribution in [2.24, 2.45) is 5.41 Å². The minimum Gasteiger partial charge on any atom is -0.480 e. The maximum Gasteiger partial charge on any atom is 0.323 e. The van der Waals surface area contributed by atoms with Crippen LogP contribution < -0.4 is 15.4 Å². The van der Waals surface area contributed by atoms with Gasteiger partial charge in [0.15, 0.2) is 17.4 Å². The van der Waals surface area contributed by atoms with E-state index in [0.29, 0.717) is 19.0 Å². The van der Waals surface area contributed by atoms with Crippen molar-refractivity contribution >= 4 is 29.4 Å². The van der Waals surface area contributed by atoms with E-state index >= 15 is 0 Å². The lowest BCUT2D eigenvalue weighted by Gasteiger charge is -2.16. The first-order valence-corrected chi connectivity index (χ1v) is 10.1. The van der Waals surface area contributed by atoms with Crippen LogP contribution in [-0.2, 0) is 9.59 Å². The summed E-state index contributed by atoms with van der Waals surface area (Å²) in [6, 6.07) is 3.62. The molecule has 2 heterocycles. The largest absolute Gasteiger partial charge is 0.480 e. The molecule has 4 N–H and O–H groups in total. The van der Waals surface area contributed by atoms with Crippen molar-refractivity contribution in [1.82, 2.24) is 9.88 Å². The van der Waals surface area contributed by atoms with E-state index in [0.717, 1.165) is 6.07 Å². The summed E-state index contributed by atoms with van der Waals surface area (Å²) in [5, 5.41) is 23.3. The Morgan fingerprint density at radius 2 is 1.91 bits per heavy atom. The third-order valence-corrected chi connectivity index (χ3v) is 5.51. The Hall–Kier alpha value is -3.80. The lowest BCUT2D eigenvalue weighted by atomic mass is 10.1. The average molecular weight is 462 g/mol. The summed E-state index contributed by atoms with van der Waals surface area (Å²) in [5.74, 6) is -4.58. The molecule has 2 fully saturated rings. The standard InChI is InChI=1S/C21H20F2N4O6/c22-13-9-16(14(23)8-15(13)25-18(29)21(3-4-21)19(30)31)33-12-1-5-24-17(7-12)26-20(32)27-6-2-11(28)10-27/h1,5,7-9,11,28H,2-4,6,10H2,(H,25,29)(H,30,31)(H,24,26,32). The number of nitrogens with zero attached hydrogens (tertiary/aromatic N) is 2. The topological polar surface area (TPSA) is 141 Å². The van der Waals surface area contributed by atoms with Crippen LogP contribution in [0.15, 0.2) is 30.5 Å². The number of aliphatic carboxylic acids is 1. The summed E-state index contributed by atoms with van der Waals surface area (Å²) in [6.45, 7) is 0.590. The molecule has 1 aliphatic heterocycles. The van der Waals surface area contributed by atoms with Gasteiger partial charge in [-0.3, -0.25) is 14.9 Å². The maximum atomic E-state index is 14.5. The number of carboxylic acid groups (broad SMARTS) is 1. The van der Waals surface area contributed by atoms with Gasteiger partial charge in [-0.25, -0.2) is 18.6 Å². The van der Waals surface area contributed by atoms with E-state index < -0.39 is 52.5 Å². The number of carbonyl (C=O) groups is 3. The predicted molar refractivity (Wildman–Crippen MR) is 110 cm³/mol. The van der Waals surface area contributed by atoms with Crippen LogP contribution in [0.3, 0.4) is 0 Å². The number of β-amino-alcohol motifs (C(OH)–C–C–N with tert-alkyl or cyclic N) is 1. The number of halogens is 2. The highest BCUT2D eigenvalue weighted by Crippen LogP contribution is 2.47. The molecule has 2 aromatic rings. The monoisotopic (exact) mass is 462 g/mol. The van der Waals surface area contributed by atoms with Crippen LogP contribution >= 0.6 is 0 Å². The van der Waals surface area contributed by atoms with Gasteiger partial charge in [0, 0.05) is 37.5 Å². The van der Waals surface area contributed by atoms with Gasteiger partial charge in [-0.05, 0) is 25.3 Å². The third-order valence-electron chi connectivity index (χ3n) is 5.51. The molecule has 1 aliphatic carbocycles. The fourth-order valence-corrected chi connectivity index (χ4v) is 3.39. The molecule has 33 heavy (non-hydrogen) atoms. The molecule has 2 aliphatic rings. The number of urea groups is 1. The second-order valence-electron chi connectivity index (χ2n) is 7.90. The summed E-state index contributed by atoms with van der Waals surface area (Å²) in [7, 11) is 0. The number of ether oxygens (including phenoxy) is 1. The predicted octanol–water partition coefficient (Wildman–Crippen LogP) is 2.55. The van der Waals surface area contributed by atoms with E-state index in [2.05, 4.69) is 15.6 Å². The molecule has 0 bridgehead atoms. The summed E-state index contributed by atoms with van der Waals surface area (Å²) < 4.78 is 34.3. The average Bonchev–Trinajstić information content (AvgIpc) is 3.47. The number of carboxylic acids is 1. The van der Waals surface area contributed by atoms with Gasteiger partial charge in [-0.2, -0.15) is 0 Å². The maximum absolute atomic E-state index is 14.5. The van der Waals surface area contributed by atoms with Crippen molar-refractivity contribution in [1.29, 1.82) is 0 Å².